The van der Waals surface area contributed by atoms with Crippen molar-refractivity contribution in [2.24, 2.45) is 17.6 Å². The van der Waals surface area contributed by atoms with Crippen LogP contribution in [0.4, 0.5) is 0 Å². The Labute approximate surface area is 124 Å². The van der Waals surface area contributed by atoms with Gasteiger partial charge in [-0.25, -0.2) is 0 Å². The van der Waals surface area contributed by atoms with Crippen LogP contribution in [0, 0.1) is 11.8 Å². The summed E-state index contributed by atoms with van der Waals surface area (Å²) in [6.45, 7) is 2.40. The summed E-state index contributed by atoms with van der Waals surface area (Å²) >= 11 is 0. The molecule has 1 aromatic rings. The van der Waals surface area contributed by atoms with Crippen LogP contribution in [0.5, 0.6) is 11.5 Å². The van der Waals surface area contributed by atoms with Crippen molar-refractivity contribution in [2.75, 3.05) is 26.3 Å². The van der Waals surface area contributed by atoms with E-state index in [-0.39, 0.29) is 5.91 Å². The first-order valence-corrected chi connectivity index (χ1v) is 7.66. The second kappa shape index (κ2) is 6.35. The van der Waals surface area contributed by atoms with Gasteiger partial charge in [-0.1, -0.05) is 12.5 Å². The molecule has 1 aliphatic heterocycles. The van der Waals surface area contributed by atoms with E-state index in [2.05, 4.69) is 5.32 Å². The fraction of sp³-hybridized carbons (Fsp3) is 0.562. The number of hydrogen-bond donors (Lipinski definition) is 2. The average molecular weight is 290 g/mol. The number of fused-ring (bicyclic) bond motifs is 1. The summed E-state index contributed by atoms with van der Waals surface area (Å²) in [6, 6.07) is 5.42. The first kappa shape index (κ1) is 14.2. The number of nitrogens with one attached hydrogen (secondary N) is 1. The van der Waals surface area contributed by atoms with Crippen molar-refractivity contribution in [2.45, 2.75) is 19.3 Å². The molecule has 1 fully saturated rings. The van der Waals surface area contributed by atoms with Gasteiger partial charge in [0, 0.05) is 6.54 Å². The van der Waals surface area contributed by atoms with Crippen LogP contribution in [-0.4, -0.2) is 32.2 Å². The maximum absolute atomic E-state index is 12.4. The summed E-state index contributed by atoms with van der Waals surface area (Å²) in [5.74, 6) is 2.14. The molecule has 1 aliphatic carbocycles. The van der Waals surface area contributed by atoms with Crippen molar-refractivity contribution in [3.8, 4) is 11.5 Å². The quantitative estimate of drug-likeness (QED) is 0.882. The van der Waals surface area contributed by atoms with Gasteiger partial charge >= 0.3 is 0 Å². The summed E-state index contributed by atoms with van der Waals surface area (Å²) in [6.07, 6.45) is 3.53. The number of amides is 1. The van der Waals surface area contributed by atoms with Gasteiger partial charge in [0.1, 0.15) is 13.2 Å². The van der Waals surface area contributed by atoms with Crippen molar-refractivity contribution in [3.63, 3.8) is 0 Å². The van der Waals surface area contributed by atoms with Gasteiger partial charge in [-0.05, 0) is 43.4 Å². The molecule has 0 aromatic heterocycles. The Balaban J connectivity index is 1.66. The maximum atomic E-state index is 12.4. The van der Waals surface area contributed by atoms with Gasteiger partial charge in [-0.3, -0.25) is 4.79 Å². The third kappa shape index (κ3) is 2.97. The van der Waals surface area contributed by atoms with Gasteiger partial charge in [0.25, 0.3) is 5.91 Å². The molecular formula is C16H22N2O3. The lowest BCUT2D eigenvalue weighted by molar-refractivity contribution is 0.0933. The minimum Gasteiger partial charge on any atom is -0.486 e. The highest BCUT2D eigenvalue weighted by molar-refractivity contribution is 5.97. The number of ether oxygens (including phenoxy) is 2. The summed E-state index contributed by atoms with van der Waals surface area (Å²) in [5.41, 5.74) is 6.33. The van der Waals surface area contributed by atoms with Crippen molar-refractivity contribution in [1.82, 2.24) is 5.32 Å². The van der Waals surface area contributed by atoms with Crippen LogP contribution in [0.2, 0.25) is 0 Å². The highest BCUT2D eigenvalue weighted by atomic mass is 16.6. The number of benzene rings is 1. The van der Waals surface area contributed by atoms with Crippen LogP contribution in [0.1, 0.15) is 29.6 Å². The molecule has 0 radical (unpaired) electrons. The molecule has 1 heterocycles. The zero-order valence-electron chi connectivity index (χ0n) is 12.1. The zero-order valence-corrected chi connectivity index (χ0v) is 12.1. The summed E-state index contributed by atoms with van der Waals surface area (Å²) in [7, 11) is 0. The smallest absolute Gasteiger partial charge is 0.255 e. The van der Waals surface area contributed by atoms with E-state index < -0.39 is 0 Å². The van der Waals surface area contributed by atoms with Crippen LogP contribution in [0.15, 0.2) is 18.2 Å². The van der Waals surface area contributed by atoms with Crippen LogP contribution in [0.25, 0.3) is 0 Å². The highest BCUT2D eigenvalue weighted by Gasteiger charge is 2.27. The largest absolute Gasteiger partial charge is 0.486 e. The molecule has 1 amide bonds. The lowest BCUT2D eigenvalue weighted by Gasteiger charge is -2.22. The van der Waals surface area contributed by atoms with E-state index in [9.17, 15) is 4.79 Å². The van der Waals surface area contributed by atoms with Gasteiger partial charge in [0.15, 0.2) is 11.5 Å². The summed E-state index contributed by atoms with van der Waals surface area (Å²) < 4.78 is 11.1. The van der Waals surface area contributed by atoms with Gasteiger partial charge in [0.05, 0.1) is 5.56 Å². The number of para-hydroxylation sites is 1. The van der Waals surface area contributed by atoms with Crippen molar-refractivity contribution in [1.29, 1.82) is 0 Å². The minimum atomic E-state index is -0.0972. The van der Waals surface area contributed by atoms with Crippen molar-refractivity contribution in [3.05, 3.63) is 23.8 Å². The van der Waals surface area contributed by atoms with E-state index in [1.54, 1.807) is 6.07 Å². The minimum absolute atomic E-state index is 0.0972. The molecule has 2 aliphatic rings. The molecule has 2 unspecified atom stereocenters. The number of hydrogen-bond acceptors (Lipinski definition) is 4. The SMILES string of the molecule is NCC1CCCC1CNC(=O)c1cccc2c1OCCO2. The normalized spacial score (nSPS) is 23.9. The Bertz CT molecular complexity index is 518. The predicted octanol–water partition coefficient (Wildman–Crippen LogP) is 1.56. The molecule has 5 heteroatoms. The molecular weight excluding hydrogens is 268 g/mol. The van der Waals surface area contributed by atoms with Crippen molar-refractivity contribution < 1.29 is 14.3 Å². The van der Waals surface area contributed by atoms with E-state index in [4.69, 9.17) is 15.2 Å². The number of carbonyl (C=O) groups is 1. The lowest BCUT2D eigenvalue weighted by atomic mass is 9.96. The molecule has 0 spiro atoms. The molecule has 114 valence electrons. The van der Waals surface area contributed by atoms with Crippen LogP contribution in [0.3, 0.4) is 0 Å². The fourth-order valence-electron chi connectivity index (χ4n) is 3.26. The van der Waals surface area contributed by atoms with Gasteiger partial charge < -0.3 is 20.5 Å². The molecule has 1 aromatic carbocycles. The highest BCUT2D eigenvalue weighted by Crippen LogP contribution is 2.34. The molecule has 2 atom stereocenters. The van der Waals surface area contributed by atoms with Crippen molar-refractivity contribution >= 4 is 5.91 Å². The molecule has 1 saturated carbocycles. The van der Waals surface area contributed by atoms with E-state index in [0.29, 0.717) is 55.2 Å². The first-order chi connectivity index (χ1) is 10.3. The van der Waals surface area contributed by atoms with E-state index >= 15 is 0 Å². The van der Waals surface area contributed by atoms with Crippen LogP contribution >= 0.6 is 0 Å². The molecule has 3 rings (SSSR count). The Morgan fingerprint density at radius 3 is 2.90 bits per heavy atom. The molecule has 0 bridgehead atoms. The number of rotatable bonds is 4. The van der Waals surface area contributed by atoms with E-state index in [1.165, 1.54) is 12.8 Å². The van der Waals surface area contributed by atoms with Gasteiger partial charge in [-0.15, -0.1) is 0 Å². The second-order valence-corrected chi connectivity index (χ2v) is 5.73. The van der Waals surface area contributed by atoms with Crippen LogP contribution in [-0.2, 0) is 0 Å². The Kier molecular flexibility index (Phi) is 4.29. The number of carbonyl (C=O) groups excluding carboxylic acids is 1. The Morgan fingerprint density at radius 1 is 1.24 bits per heavy atom. The lowest BCUT2D eigenvalue weighted by Crippen LogP contribution is -2.33. The summed E-state index contributed by atoms with van der Waals surface area (Å²) in [5, 5.41) is 3.03. The number of nitrogens with two attached hydrogens (primary N) is 1. The third-order valence-electron chi connectivity index (χ3n) is 4.45. The second-order valence-electron chi connectivity index (χ2n) is 5.73. The third-order valence-corrected chi connectivity index (χ3v) is 4.45. The molecule has 3 N–H and O–H groups in total. The zero-order chi connectivity index (χ0) is 14.7. The van der Waals surface area contributed by atoms with E-state index in [0.717, 1.165) is 6.42 Å². The topological polar surface area (TPSA) is 73.6 Å². The first-order valence-electron chi connectivity index (χ1n) is 7.66. The van der Waals surface area contributed by atoms with Gasteiger partial charge in [0.2, 0.25) is 0 Å². The summed E-state index contributed by atoms with van der Waals surface area (Å²) in [4.78, 5) is 12.4. The maximum Gasteiger partial charge on any atom is 0.255 e. The molecule has 0 saturated heterocycles. The fourth-order valence-corrected chi connectivity index (χ4v) is 3.26. The monoisotopic (exact) mass is 290 g/mol. The standard InChI is InChI=1S/C16H22N2O3/c17-9-11-3-1-4-12(11)10-18-16(19)13-5-2-6-14-15(13)21-8-7-20-14/h2,5-6,11-12H,1,3-4,7-10,17H2,(H,18,19). The Morgan fingerprint density at radius 2 is 2.05 bits per heavy atom. The van der Waals surface area contributed by atoms with E-state index in [1.807, 2.05) is 12.1 Å². The van der Waals surface area contributed by atoms with Crippen LogP contribution < -0.4 is 20.5 Å². The molecule has 5 nitrogen and oxygen atoms in total. The Hall–Kier alpha value is -1.75. The predicted molar refractivity (Wildman–Crippen MR) is 79.7 cm³/mol. The molecule has 21 heavy (non-hydrogen) atoms. The van der Waals surface area contributed by atoms with Gasteiger partial charge in [-0.2, -0.15) is 0 Å². The average Bonchev–Trinajstić information content (AvgIpc) is 2.99.